The second-order valence-electron chi connectivity index (χ2n) is 4.66. The maximum Gasteiger partial charge on any atom is -0.0203 e. The Morgan fingerprint density at radius 2 is 2.33 bits per heavy atom. The van der Waals surface area contributed by atoms with Gasteiger partial charge in [-0.15, -0.1) is 6.58 Å². The summed E-state index contributed by atoms with van der Waals surface area (Å²) in [4.78, 5) is 0. The summed E-state index contributed by atoms with van der Waals surface area (Å²) in [6.07, 6.45) is 14.5. The summed E-state index contributed by atoms with van der Waals surface area (Å²) in [6.45, 7) is 8.40. The smallest absolute Gasteiger partial charge is 0.0203 e. The molecule has 0 nitrogen and oxygen atoms in total. The lowest BCUT2D eigenvalue weighted by atomic mass is 9.86. The van der Waals surface area contributed by atoms with Crippen LogP contribution in [0.5, 0.6) is 0 Å². The highest BCUT2D eigenvalue weighted by molar-refractivity contribution is 5.19. The van der Waals surface area contributed by atoms with Crippen molar-refractivity contribution in [2.45, 2.75) is 52.4 Å². The van der Waals surface area contributed by atoms with Gasteiger partial charge in [0.2, 0.25) is 0 Å². The van der Waals surface area contributed by atoms with Crippen LogP contribution in [0.1, 0.15) is 52.4 Å². The van der Waals surface area contributed by atoms with Crippen molar-refractivity contribution >= 4 is 0 Å². The molecular weight excluding hydrogens is 180 g/mol. The third-order valence-corrected chi connectivity index (χ3v) is 3.22. The zero-order chi connectivity index (χ0) is 11.1. The van der Waals surface area contributed by atoms with Gasteiger partial charge in [0.05, 0.1) is 0 Å². The Morgan fingerprint density at radius 3 is 2.87 bits per heavy atom. The second-order valence-corrected chi connectivity index (χ2v) is 4.66. The number of hydrogen-bond acceptors (Lipinski definition) is 0. The number of rotatable bonds is 6. The quantitative estimate of drug-likeness (QED) is 0.532. The molecule has 0 heteroatoms. The van der Waals surface area contributed by atoms with E-state index in [1.807, 2.05) is 0 Å². The lowest BCUT2D eigenvalue weighted by Gasteiger charge is -2.20. The molecule has 84 valence electrons. The monoisotopic (exact) mass is 204 g/mol. The van der Waals surface area contributed by atoms with Crippen molar-refractivity contribution < 1.29 is 0 Å². The predicted octanol–water partition coefficient (Wildman–Crippen LogP) is 5.04. The van der Waals surface area contributed by atoms with Crippen molar-refractivity contribution in [1.29, 1.82) is 0 Å². The fourth-order valence-electron chi connectivity index (χ4n) is 2.26. The first kappa shape index (κ1) is 12.3. The van der Waals surface area contributed by atoms with Crippen molar-refractivity contribution in [2.75, 3.05) is 0 Å². The molecule has 0 bridgehead atoms. The summed E-state index contributed by atoms with van der Waals surface area (Å²) >= 11 is 0. The highest BCUT2D eigenvalue weighted by Gasteiger charge is 2.12. The van der Waals surface area contributed by atoms with Crippen LogP contribution < -0.4 is 0 Å². The Balaban J connectivity index is 2.38. The molecule has 0 radical (unpaired) electrons. The predicted molar refractivity (Wildman–Crippen MR) is 68.9 cm³/mol. The van der Waals surface area contributed by atoms with E-state index in [9.17, 15) is 0 Å². The molecule has 0 heterocycles. The van der Waals surface area contributed by atoms with Crippen LogP contribution in [-0.2, 0) is 0 Å². The summed E-state index contributed by atoms with van der Waals surface area (Å²) in [7, 11) is 0. The average molecular weight is 204 g/mol. The van der Waals surface area contributed by atoms with Crippen molar-refractivity contribution in [3.05, 3.63) is 36.0 Å². The van der Waals surface area contributed by atoms with E-state index in [4.69, 9.17) is 0 Å². The number of hydrogen-bond donors (Lipinski definition) is 0. The molecule has 1 aliphatic carbocycles. The standard InChI is InChI=1S/C15H24/c1-4-14(12-8-9-13(2)3)15-10-6-5-7-11-15/h5-6,10,14H,2,4,7-9,11-12H2,1,3H3. The molecule has 0 aromatic heterocycles. The molecule has 0 spiro atoms. The second kappa shape index (κ2) is 6.66. The maximum atomic E-state index is 3.96. The van der Waals surface area contributed by atoms with E-state index in [-0.39, 0.29) is 0 Å². The molecule has 0 saturated heterocycles. The van der Waals surface area contributed by atoms with E-state index in [0.29, 0.717) is 0 Å². The largest absolute Gasteiger partial charge is 0.100 e. The first-order valence-corrected chi connectivity index (χ1v) is 6.24. The lowest BCUT2D eigenvalue weighted by molar-refractivity contribution is 0.502. The fraction of sp³-hybridized carbons (Fsp3) is 0.600. The molecule has 0 N–H and O–H groups in total. The minimum absolute atomic E-state index is 0.814. The Bertz CT molecular complexity index is 255. The van der Waals surface area contributed by atoms with Crippen molar-refractivity contribution in [1.82, 2.24) is 0 Å². The van der Waals surface area contributed by atoms with E-state index >= 15 is 0 Å². The van der Waals surface area contributed by atoms with Crippen LogP contribution in [0.2, 0.25) is 0 Å². The van der Waals surface area contributed by atoms with Gasteiger partial charge in [-0.25, -0.2) is 0 Å². The average Bonchev–Trinajstić information content (AvgIpc) is 2.25. The molecule has 0 amide bonds. The van der Waals surface area contributed by atoms with Crippen LogP contribution in [0.3, 0.4) is 0 Å². The summed E-state index contributed by atoms with van der Waals surface area (Å²) in [5.41, 5.74) is 2.99. The zero-order valence-electron chi connectivity index (χ0n) is 10.3. The van der Waals surface area contributed by atoms with Gasteiger partial charge in [-0.1, -0.05) is 36.3 Å². The van der Waals surface area contributed by atoms with Gasteiger partial charge in [0.15, 0.2) is 0 Å². The third kappa shape index (κ3) is 4.51. The van der Waals surface area contributed by atoms with Crippen LogP contribution >= 0.6 is 0 Å². The minimum atomic E-state index is 0.814. The van der Waals surface area contributed by atoms with Gasteiger partial charge in [-0.05, 0) is 51.4 Å². The molecule has 0 aliphatic heterocycles. The Morgan fingerprint density at radius 1 is 1.53 bits per heavy atom. The Labute approximate surface area is 94.8 Å². The van der Waals surface area contributed by atoms with E-state index in [1.165, 1.54) is 44.1 Å². The van der Waals surface area contributed by atoms with E-state index in [1.54, 1.807) is 5.57 Å². The molecule has 1 unspecified atom stereocenters. The molecule has 1 aliphatic rings. The third-order valence-electron chi connectivity index (χ3n) is 3.22. The van der Waals surface area contributed by atoms with Crippen LogP contribution in [-0.4, -0.2) is 0 Å². The van der Waals surface area contributed by atoms with Crippen LogP contribution in [0.4, 0.5) is 0 Å². The molecular formula is C15H24. The molecule has 0 aromatic rings. The fourth-order valence-corrected chi connectivity index (χ4v) is 2.26. The first-order chi connectivity index (χ1) is 7.24. The highest BCUT2D eigenvalue weighted by Crippen LogP contribution is 2.28. The topological polar surface area (TPSA) is 0 Å². The lowest BCUT2D eigenvalue weighted by Crippen LogP contribution is -2.04. The van der Waals surface area contributed by atoms with Gasteiger partial charge in [-0.3, -0.25) is 0 Å². The van der Waals surface area contributed by atoms with Gasteiger partial charge >= 0.3 is 0 Å². The van der Waals surface area contributed by atoms with Gasteiger partial charge in [0.1, 0.15) is 0 Å². The van der Waals surface area contributed by atoms with Crippen molar-refractivity contribution in [2.24, 2.45) is 5.92 Å². The first-order valence-electron chi connectivity index (χ1n) is 6.24. The molecule has 0 aromatic carbocycles. The zero-order valence-corrected chi connectivity index (χ0v) is 10.3. The molecule has 1 atom stereocenters. The summed E-state index contributed by atoms with van der Waals surface area (Å²) in [5, 5.41) is 0. The SMILES string of the molecule is C=C(C)CCCC(CC)C1=CC=CCC1. The van der Waals surface area contributed by atoms with E-state index in [0.717, 1.165) is 5.92 Å². The van der Waals surface area contributed by atoms with Crippen molar-refractivity contribution in [3.8, 4) is 0 Å². The Kier molecular flexibility index (Phi) is 5.45. The van der Waals surface area contributed by atoms with Gasteiger partial charge < -0.3 is 0 Å². The van der Waals surface area contributed by atoms with Crippen molar-refractivity contribution in [3.63, 3.8) is 0 Å². The maximum absolute atomic E-state index is 3.96. The van der Waals surface area contributed by atoms with Gasteiger partial charge in [0, 0.05) is 0 Å². The summed E-state index contributed by atoms with van der Waals surface area (Å²) in [6, 6.07) is 0. The normalized spacial score (nSPS) is 17.3. The van der Waals surface area contributed by atoms with Gasteiger partial charge in [-0.2, -0.15) is 0 Å². The Hall–Kier alpha value is -0.780. The summed E-state index contributed by atoms with van der Waals surface area (Å²) in [5.74, 6) is 0.814. The van der Waals surface area contributed by atoms with Crippen LogP contribution in [0.25, 0.3) is 0 Å². The van der Waals surface area contributed by atoms with E-state index in [2.05, 4.69) is 38.7 Å². The van der Waals surface area contributed by atoms with Crippen LogP contribution in [0.15, 0.2) is 36.0 Å². The molecule has 0 saturated carbocycles. The molecule has 0 fully saturated rings. The van der Waals surface area contributed by atoms with E-state index < -0.39 is 0 Å². The molecule has 1 rings (SSSR count). The molecule has 15 heavy (non-hydrogen) atoms. The minimum Gasteiger partial charge on any atom is -0.100 e. The number of allylic oxidation sites excluding steroid dienone is 5. The van der Waals surface area contributed by atoms with Gasteiger partial charge in [0.25, 0.3) is 0 Å². The van der Waals surface area contributed by atoms with Crippen LogP contribution in [0, 0.1) is 5.92 Å². The summed E-state index contributed by atoms with van der Waals surface area (Å²) < 4.78 is 0. The highest BCUT2D eigenvalue weighted by atomic mass is 14.2.